The lowest BCUT2D eigenvalue weighted by Crippen LogP contribution is -2.24. The van der Waals surface area contributed by atoms with Gasteiger partial charge in [0.15, 0.2) is 0 Å². The lowest BCUT2D eigenvalue weighted by Gasteiger charge is -2.13. The first-order chi connectivity index (χ1) is 12.2. The summed E-state index contributed by atoms with van der Waals surface area (Å²) in [6.07, 6.45) is 4.47. The molecule has 6 heteroatoms. The van der Waals surface area contributed by atoms with Crippen LogP contribution in [0.4, 0.5) is 5.95 Å². The average Bonchev–Trinajstić information content (AvgIpc) is 3.00. The van der Waals surface area contributed by atoms with Crippen LogP contribution < -0.4 is 10.9 Å². The van der Waals surface area contributed by atoms with Crippen LogP contribution in [0.5, 0.6) is 0 Å². The minimum atomic E-state index is 0.0884. The number of aryl methyl sites for hydroxylation is 2. The van der Waals surface area contributed by atoms with Crippen LogP contribution in [0.2, 0.25) is 5.02 Å². The van der Waals surface area contributed by atoms with Gasteiger partial charge in [0, 0.05) is 23.0 Å². The van der Waals surface area contributed by atoms with Crippen molar-refractivity contribution >= 4 is 39.1 Å². The van der Waals surface area contributed by atoms with Gasteiger partial charge in [0.05, 0.1) is 5.39 Å². The van der Waals surface area contributed by atoms with Crippen LogP contribution in [0.1, 0.15) is 35.8 Å². The number of rotatable bonds is 4. The lowest BCUT2D eigenvalue weighted by atomic mass is 9.97. The van der Waals surface area contributed by atoms with E-state index in [9.17, 15) is 4.79 Å². The van der Waals surface area contributed by atoms with Crippen LogP contribution in [0.3, 0.4) is 0 Å². The zero-order chi connectivity index (χ0) is 17.4. The highest BCUT2D eigenvalue weighted by Gasteiger charge is 2.21. The molecule has 1 aromatic carbocycles. The Labute approximate surface area is 155 Å². The molecule has 0 saturated heterocycles. The molecule has 4 rings (SSSR count). The molecule has 0 amide bonds. The first-order valence-corrected chi connectivity index (χ1v) is 9.90. The predicted molar refractivity (Wildman–Crippen MR) is 105 cm³/mol. The Morgan fingerprint density at radius 2 is 2.00 bits per heavy atom. The van der Waals surface area contributed by atoms with E-state index in [0.29, 0.717) is 19.0 Å². The Morgan fingerprint density at radius 3 is 2.76 bits per heavy atom. The second-order valence-electron chi connectivity index (χ2n) is 6.36. The van der Waals surface area contributed by atoms with Crippen LogP contribution in [0.25, 0.3) is 10.2 Å². The fourth-order valence-corrected chi connectivity index (χ4v) is 4.83. The molecule has 3 aromatic rings. The van der Waals surface area contributed by atoms with Crippen molar-refractivity contribution in [1.82, 2.24) is 9.55 Å². The van der Waals surface area contributed by atoms with E-state index in [1.165, 1.54) is 23.3 Å². The van der Waals surface area contributed by atoms with Gasteiger partial charge < -0.3 is 5.32 Å². The molecule has 1 N–H and O–H groups in total. The number of fused-ring (bicyclic) bond motifs is 3. The highest BCUT2D eigenvalue weighted by Crippen LogP contribution is 2.34. The Bertz CT molecular complexity index is 975. The fourth-order valence-electron chi connectivity index (χ4n) is 3.45. The second kappa shape index (κ2) is 6.81. The van der Waals surface area contributed by atoms with Gasteiger partial charge in [0.25, 0.3) is 5.56 Å². The van der Waals surface area contributed by atoms with Crippen LogP contribution in [-0.4, -0.2) is 9.55 Å². The maximum atomic E-state index is 13.0. The molecule has 0 fully saturated rings. The Kier molecular flexibility index (Phi) is 4.52. The number of nitrogens with one attached hydrogen (secondary N) is 1. The molecule has 0 saturated carbocycles. The lowest BCUT2D eigenvalue weighted by molar-refractivity contribution is 0.695. The van der Waals surface area contributed by atoms with Gasteiger partial charge in [0.1, 0.15) is 4.83 Å². The second-order valence-corrected chi connectivity index (χ2v) is 7.88. The summed E-state index contributed by atoms with van der Waals surface area (Å²) in [6.45, 7) is 3.21. The van der Waals surface area contributed by atoms with E-state index in [-0.39, 0.29) is 5.56 Å². The van der Waals surface area contributed by atoms with E-state index in [1.54, 1.807) is 15.9 Å². The molecule has 1 aliphatic carbocycles. The van der Waals surface area contributed by atoms with Crippen LogP contribution in [0, 0.1) is 0 Å². The number of hydrogen-bond donors (Lipinski definition) is 1. The minimum absolute atomic E-state index is 0.0884. The third-order valence-corrected chi connectivity index (χ3v) is 6.19. The van der Waals surface area contributed by atoms with Crippen LogP contribution in [0.15, 0.2) is 29.1 Å². The number of aromatic nitrogens is 2. The molecule has 130 valence electrons. The molecule has 0 spiro atoms. The normalized spacial score (nSPS) is 13.8. The van der Waals surface area contributed by atoms with Gasteiger partial charge in [-0.15, -0.1) is 11.3 Å². The molecule has 4 nitrogen and oxygen atoms in total. The average molecular weight is 374 g/mol. The van der Waals surface area contributed by atoms with Gasteiger partial charge in [-0.3, -0.25) is 9.36 Å². The van der Waals surface area contributed by atoms with Crippen molar-refractivity contribution in [2.75, 3.05) is 5.32 Å². The summed E-state index contributed by atoms with van der Waals surface area (Å²) in [5.41, 5.74) is 2.44. The van der Waals surface area contributed by atoms with Crippen molar-refractivity contribution < 1.29 is 0 Å². The van der Waals surface area contributed by atoms with Gasteiger partial charge in [0.2, 0.25) is 5.95 Å². The number of anilines is 1. The summed E-state index contributed by atoms with van der Waals surface area (Å²) in [7, 11) is 0. The molecule has 2 heterocycles. The zero-order valence-corrected chi connectivity index (χ0v) is 15.7. The molecule has 0 atom stereocenters. The molecular weight excluding hydrogens is 354 g/mol. The first-order valence-electron chi connectivity index (χ1n) is 8.70. The number of nitrogens with zero attached hydrogens (tertiary/aromatic N) is 2. The third-order valence-electron chi connectivity index (χ3n) is 4.75. The summed E-state index contributed by atoms with van der Waals surface area (Å²) in [4.78, 5) is 20.1. The summed E-state index contributed by atoms with van der Waals surface area (Å²) in [5, 5.41) is 4.89. The maximum Gasteiger partial charge on any atom is 0.263 e. The Morgan fingerprint density at radius 1 is 1.24 bits per heavy atom. The van der Waals surface area contributed by atoms with Gasteiger partial charge in [-0.2, -0.15) is 0 Å². The van der Waals surface area contributed by atoms with E-state index < -0.39 is 0 Å². The van der Waals surface area contributed by atoms with Crippen LogP contribution >= 0.6 is 22.9 Å². The quantitative estimate of drug-likeness (QED) is 0.725. The summed E-state index contributed by atoms with van der Waals surface area (Å²) in [5.74, 6) is 0.647. The molecule has 0 aliphatic heterocycles. The molecule has 1 aliphatic rings. The van der Waals surface area contributed by atoms with Crippen LogP contribution in [-0.2, 0) is 25.9 Å². The van der Waals surface area contributed by atoms with E-state index in [0.717, 1.165) is 33.6 Å². The zero-order valence-electron chi connectivity index (χ0n) is 14.1. The summed E-state index contributed by atoms with van der Waals surface area (Å²) < 4.78 is 1.75. The molecular formula is C19H20ClN3OS. The summed E-state index contributed by atoms with van der Waals surface area (Å²) >= 11 is 7.62. The van der Waals surface area contributed by atoms with E-state index in [4.69, 9.17) is 16.6 Å². The van der Waals surface area contributed by atoms with Gasteiger partial charge in [-0.25, -0.2) is 4.98 Å². The third kappa shape index (κ3) is 3.07. The van der Waals surface area contributed by atoms with Gasteiger partial charge >= 0.3 is 0 Å². The molecule has 2 aromatic heterocycles. The Balaban J connectivity index is 1.73. The summed E-state index contributed by atoms with van der Waals surface area (Å²) in [6, 6.07) is 7.70. The smallest absolute Gasteiger partial charge is 0.263 e. The SMILES string of the molecule is CCn1c(NCc2ccc(Cl)cc2)nc2sc3c(c2c1=O)CCCC3. The van der Waals surface area contributed by atoms with E-state index >= 15 is 0 Å². The van der Waals surface area contributed by atoms with Crippen molar-refractivity contribution in [3.63, 3.8) is 0 Å². The van der Waals surface area contributed by atoms with Crippen molar-refractivity contribution in [3.8, 4) is 0 Å². The molecule has 0 radical (unpaired) electrons. The number of thiophene rings is 1. The van der Waals surface area contributed by atoms with E-state index in [1.807, 2.05) is 31.2 Å². The molecule has 25 heavy (non-hydrogen) atoms. The highest BCUT2D eigenvalue weighted by atomic mass is 35.5. The molecule has 0 unspecified atom stereocenters. The van der Waals surface area contributed by atoms with Crippen molar-refractivity contribution in [1.29, 1.82) is 0 Å². The van der Waals surface area contributed by atoms with E-state index in [2.05, 4.69) is 5.32 Å². The molecule has 0 bridgehead atoms. The number of hydrogen-bond acceptors (Lipinski definition) is 4. The van der Waals surface area contributed by atoms with Crippen molar-refractivity contribution in [2.24, 2.45) is 0 Å². The standard InChI is InChI=1S/C19H20ClN3OS/c1-2-23-18(24)16-14-5-3-4-6-15(14)25-17(16)22-19(23)21-11-12-7-9-13(20)10-8-12/h7-10H,2-6,11H2,1H3,(H,21,22). The minimum Gasteiger partial charge on any atom is -0.351 e. The van der Waals surface area contributed by atoms with Crippen molar-refractivity contribution in [2.45, 2.75) is 45.7 Å². The number of benzene rings is 1. The topological polar surface area (TPSA) is 46.9 Å². The largest absolute Gasteiger partial charge is 0.351 e. The first kappa shape index (κ1) is 16.6. The number of halogens is 1. The fraction of sp³-hybridized carbons (Fsp3) is 0.368. The highest BCUT2D eigenvalue weighted by molar-refractivity contribution is 7.18. The Hall–Kier alpha value is -1.85. The van der Waals surface area contributed by atoms with Gasteiger partial charge in [-0.1, -0.05) is 23.7 Å². The monoisotopic (exact) mass is 373 g/mol. The van der Waals surface area contributed by atoms with Gasteiger partial charge in [-0.05, 0) is 55.9 Å². The van der Waals surface area contributed by atoms with Crippen molar-refractivity contribution in [3.05, 3.63) is 55.6 Å². The maximum absolute atomic E-state index is 13.0. The predicted octanol–water partition coefficient (Wildman–Crippen LogP) is 4.62.